The molecule has 0 spiro atoms. The Kier molecular flexibility index (Phi) is 3.71. The van der Waals surface area contributed by atoms with Gasteiger partial charge in [-0.15, -0.1) is 0 Å². The third kappa shape index (κ3) is 3.67. The third-order valence-electron chi connectivity index (χ3n) is 0.174. The Morgan fingerprint density at radius 3 is 1.71 bits per heavy atom. The molecule has 0 aliphatic carbocycles. The second-order valence-corrected chi connectivity index (χ2v) is 4.03. The lowest BCUT2D eigenvalue weighted by molar-refractivity contribution is 0.408. The summed E-state index contributed by atoms with van der Waals surface area (Å²) in [5.74, 6) is 0. The first-order chi connectivity index (χ1) is 3.12. The SMILES string of the molecule is OP(=S)(OCl)OCl. The molecule has 0 aromatic rings. The molecule has 0 aliphatic rings. The minimum absolute atomic E-state index is 3.29. The van der Waals surface area contributed by atoms with E-state index in [4.69, 9.17) is 4.89 Å². The second kappa shape index (κ2) is 3.20. The summed E-state index contributed by atoms with van der Waals surface area (Å²) in [6, 6.07) is 0. The summed E-state index contributed by atoms with van der Waals surface area (Å²) in [4.78, 5) is 8.35. The maximum absolute atomic E-state index is 8.35. The molecule has 0 heterocycles. The minimum atomic E-state index is -3.29. The molecule has 7 heavy (non-hydrogen) atoms. The quantitative estimate of drug-likeness (QED) is 0.659. The van der Waals surface area contributed by atoms with Gasteiger partial charge in [-0.1, -0.05) is 0 Å². The number of hydrogen-bond donors (Lipinski definition) is 1. The molecule has 0 rings (SSSR count). The minimum Gasteiger partial charge on any atom is -0.323 e. The molecule has 0 saturated heterocycles. The van der Waals surface area contributed by atoms with E-state index >= 15 is 0 Å². The molecule has 0 fully saturated rings. The first-order valence-corrected chi connectivity index (χ1v) is 4.26. The van der Waals surface area contributed by atoms with Gasteiger partial charge in [-0.05, 0) is 11.8 Å². The van der Waals surface area contributed by atoms with Gasteiger partial charge in [0, 0.05) is 0 Å². The Labute approximate surface area is 55.7 Å². The molecular formula is HCl2O3PS. The average Bonchev–Trinajstić information content (AvgIpc) is 1.68. The van der Waals surface area contributed by atoms with Crippen LogP contribution in [-0.2, 0) is 20.0 Å². The monoisotopic (exact) mass is 182 g/mol. The van der Waals surface area contributed by atoms with Crippen LogP contribution in [0.15, 0.2) is 0 Å². The van der Waals surface area contributed by atoms with Gasteiger partial charge in [0.05, 0.1) is 23.7 Å². The van der Waals surface area contributed by atoms with Crippen molar-refractivity contribution in [3.8, 4) is 0 Å². The van der Waals surface area contributed by atoms with Crippen molar-refractivity contribution in [1.82, 2.24) is 0 Å². The van der Waals surface area contributed by atoms with Crippen LogP contribution in [-0.4, -0.2) is 4.89 Å². The predicted molar refractivity (Wildman–Crippen MR) is 30.4 cm³/mol. The van der Waals surface area contributed by atoms with Gasteiger partial charge in [0.2, 0.25) is 0 Å². The van der Waals surface area contributed by atoms with Gasteiger partial charge >= 0.3 is 6.72 Å². The van der Waals surface area contributed by atoms with Gasteiger partial charge in [-0.3, -0.25) is 0 Å². The smallest absolute Gasteiger partial charge is 0.323 e. The molecule has 44 valence electrons. The maximum Gasteiger partial charge on any atom is 0.358 e. The summed E-state index contributed by atoms with van der Waals surface area (Å²) >= 11 is 13.3. The van der Waals surface area contributed by atoms with Crippen molar-refractivity contribution < 1.29 is 13.0 Å². The highest BCUT2D eigenvalue weighted by molar-refractivity contribution is 8.07. The maximum atomic E-state index is 8.35. The number of rotatable bonds is 2. The van der Waals surface area contributed by atoms with Crippen LogP contribution in [0, 0.1) is 0 Å². The van der Waals surface area contributed by atoms with Gasteiger partial charge in [0.15, 0.2) is 0 Å². The molecule has 0 saturated carbocycles. The van der Waals surface area contributed by atoms with Crippen molar-refractivity contribution >= 4 is 42.3 Å². The fraction of sp³-hybridized carbons (Fsp3) is 0. The Hall–Kier alpha value is 1.11. The van der Waals surface area contributed by atoms with Crippen molar-refractivity contribution in [2.75, 3.05) is 0 Å². The lowest BCUT2D eigenvalue weighted by Gasteiger charge is -2.00. The van der Waals surface area contributed by atoms with E-state index in [0.29, 0.717) is 0 Å². The fourth-order valence-electron chi connectivity index (χ4n) is 0.0106. The molecule has 0 atom stereocenters. The zero-order chi connectivity index (χ0) is 5.91. The zero-order valence-corrected chi connectivity index (χ0v) is 6.10. The Bertz CT molecular complexity index is 84.9. The highest BCUT2D eigenvalue weighted by Crippen LogP contribution is 2.46. The lowest BCUT2D eigenvalue weighted by Crippen LogP contribution is -1.73. The van der Waals surface area contributed by atoms with Crippen LogP contribution in [0.25, 0.3) is 0 Å². The van der Waals surface area contributed by atoms with Gasteiger partial charge in [0.25, 0.3) is 0 Å². The fourth-order valence-corrected chi connectivity index (χ4v) is 0.287. The van der Waals surface area contributed by atoms with Crippen LogP contribution in [0.5, 0.6) is 0 Å². The first-order valence-electron chi connectivity index (χ1n) is 1.06. The van der Waals surface area contributed by atoms with E-state index in [-0.39, 0.29) is 0 Å². The Morgan fingerprint density at radius 1 is 1.43 bits per heavy atom. The predicted octanol–water partition coefficient (Wildman–Crippen LogP) is 1.54. The van der Waals surface area contributed by atoms with Crippen LogP contribution < -0.4 is 0 Å². The van der Waals surface area contributed by atoms with E-state index < -0.39 is 6.72 Å². The molecule has 7 heteroatoms. The summed E-state index contributed by atoms with van der Waals surface area (Å²) in [5.41, 5.74) is 0. The molecule has 0 bridgehead atoms. The molecule has 0 aromatic carbocycles. The molecule has 0 aliphatic heterocycles. The molecular weight excluding hydrogens is 182 g/mol. The van der Waals surface area contributed by atoms with Crippen LogP contribution in [0.2, 0.25) is 0 Å². The van der Waals surface area contributed by atoms with Gasteiger partial charge < -0.3 is 4.89 Å². The molecule has 0 amide bonds. The highest BCUT2D eigenvalue weighted by atomic mass is 35.5. The van der Waals surface area contributed by atoms with Crippen molar-refractivity contribution in [1.29, 1.82) is 0 Å². The van der Waals surface area contributed by atoms with E-state index in [1.165, 1.54) is 0 Å². The van der Waals surface area contributed by atoms with E-state index in [2.05, 4.69) is 43.7 Å². The third-order valence-corrected chi connectivity index (χ3v) is 2.58. The van der Waals surface area contributed by atoms with E-state index in [9.17, 15) is 0 Å². The zero-order valence-electron chi connectivity index (χ0n) is 2.88. The molecule has 0 radical (unpaired) electrons. The second-order valence-electron chi connectivity index (χ2n) is 0.607. The highest BCUT2D eigenvalue weighted by Gasteiger charge is 2.11. The summed E-state index contributed by atoms with van der Waals surface area (Å²) in [7, 11) is 0. The largest absolute Gasteiger partial charge is 0.358 e. The van der Waals surface area contributed by atoms with Gasteiger partial charge in [-0.25, -0.2) is 0 Å². The summed E-state index contributed by atoms with van der Waals surface area (Å²) in [5, 5.41) is 0. The normalized spacial score (nSPS) is 11.9. The topological polar surface area (TPSA) is 38.7 Å². The average molecular weight is 183 g/mol. The van der Waals surface area contributed by atoms with E-state index in [0.717, 1.165) is 0 Å². The van der Waals surface area contributed by atoms with Crippen LogP contribution in [0.1, 0.15) is 0 Å². The number of hydrogen-bond acceptors (Lipinski definition) is 3. The number of halogens is 2. The summed E-state index contributed by atoms with van der Waals surface area (Å²) in [6.45, 7) is -3.29. The van der Waals surface area contributed by atoms with Crippen molar-refractivity contribution in [2.24, 2.45) is 0 Å². The van der Waals surface area contributed by atoms with Crippen LogP contribution >= 0.6 is 30.5 Å². The first kappa shape index (κ1) is 8.11. The molecule has 1 N–H and O–H groups in total. The Balaban J connectivity index is 3.61. The van der Waals surface area contributed by atoms with Crippen LogP contribution in [0.4, 0.5) is 0 Å². The van der Waals surface area contributed by atoms with Crippen molar-refractivity contribution in [3.63, 3.8) is 0 Å². The van der Waals surface area contributed by atoms with Gasteiger partial charge in [0.1, 0.15) is 0 Å². The van der Waals surface area contributed by atoms with Crippen molar-refractivity contribution in [2.45, 2.75) is 0 Å². The standard InChI is InChI=1S/Cl2HO3PS/c1-4-6(3,7)5-2/h(H,3,7). The molecule has 3 nitrogen and oxygen atoms in total. The van der Waals surface area contributed by atoms with Gasteiger partial charge in [-0.2, -0.15) is 8.15 Å². The van der Waals surface area contributed by atoms with E-state index in [1.807, 2.05) is 0 Å². The summed E-state index contributed by atoms with van der Waals surface area (Å²) in [6.07, 6.45) is 0. The Morgan fingerprint density at radius 2 is 1.71 bits per heavy atom. The van der Waals surface area contributed by atoms with E-state index in [1.54, 1.807) is 0 Å². The van der Waals surface area contributed by atoms with Crippen LogP contribution in [0.3, 0.4) is 0 Å². The molecule has 0 aromatic heterocycles. The lowest BCUT2D eigenvalue weighted by atomic mass is 15.8. The molecule has 0 unspecified atom stereocenters. The summed E-state index contributed by atoms with van der Waals surface area (Å²) < 4.78 is 7.37. The van der Waals surface area contributed by atoms with Crippen molar-refractivity contribution in [3.05, 3.63) is 0 Å².